The molecular weight excluding hydrogens is 362 g/mol. The van der Waals surface area contributed by atoms with Crippen LogP contribution in [0.4, 0.5) is 5.69 Å². The van der Waals surface area contributed by atoms with Crippen LogP contribution in [0.3, 0.4) is 0 Å². The van der Waals surface area contributed by atoms with Crippen molar-refractivity contribution < 1.29 is 9.72 Å². The van der Waals surface area contributed by atoms with Gasteiger partial charge in [0.1, 0.15) is 4.88 Å². The normalized spacial score (nSPS) is 11.5. The highest BCUT2D eigenvalue weighted by molar-refractivity contribution is 7.21. The van der Waals surface area contributed by atoms with Crippen LogP contribution in [0.1, 0.15) is 22.2 Å². The fourth-order valence-electron chi connectivity index (χ4n) is 2.25. The lowest BCUT2D eigenvalue weighted by atomic mass is 10.1. The Bertz CT molecular complexity index is 1010. The SMILES string of the molecule is C/C(=N\NC(=O)c1sc2ccccc2c1Cl)c1cccc([N+](=O)[O-])c1. The Hall–Kier alpha value is -2.77. The lowest BCUT2D eigenvalue weighted by Crippen LogP contribution is -2.18. The van der Waals surface area contributed by atoms with Crippen molar-refractivity contribution in [1.29, 1.82) is 0 Å². The molecule has 0 aliphatic heterocycles. The number of hydrazone groups is 1. The van der Waals surface area contributed by atoms with Gasteiger partial charge in [-0.2, -0.15) is 5.10 Å². The summed E-state index contributed by atoms with van der Waals surface area (Å²) in [6.45, 7) is 1.66. The molecule has 3 rings (SSSR count). The molecule has 0 aliphatic rings. The van der Waals surface area contributed by atoms with Crippen LogP contribution in [-0.4, -0.2) is 16.5 Å². The number of nitrogens with one attached hydrogen (secondary N) is 1. The lowest BCUT2D eigenvalue weighted by Gasteiger charge is -2.02. The van der Waals surface area contributed by atoms with E-state index in [2.05, 4.69) is 10.5 Å². The van der Waals surface area contributed by atoms with E-state index in [9.17, 15) is 14.9 Å². The maximum atomic E-state index is 12.3. The van der Waals surface area contributed by atoms with Crippen molar-refractivity contribution in [2.45, 2.75) is 6.92 Å². The first-order valence-corrected chi connectivity index (χ1v) is 8.43. The molecule has 126 valence electrons. The number of carbonyl (C=O) groups is 1. The van der Waals surface area contributed by atoms with Gasteiger partial charge in [0.05, 0.1) is 15.7 Å². The zero-order valence-corrected chi connectivity index (χ0v) is 14.6. The number of thiophene rings is 1. The Morgan fingerprint density at radius 3 is 2.72 bits per heavy atom. The number of non-ortho nitro benzene ring substituents is 1. The number of amides is 1. The Morgan fingerprint density at radius 2 is 2.00 bits per heavy atom. The van der Waals surface area contributed by atoms with Gasteiger partial charge >= 0.3 is 0 Å². The van der Waals surface area contributed by atoms with Crippen molar-refractivity contribution in [3.05, 3.63) is 74.1 Å². The molecule has 0 saturated carbocycles. The number of hydrogen-bond acceptors (Lipinski definition) is 5. The summed E-state index contributed by atoms with van der Waals surface area (Å²) in [5.74, 6) is -0.420. The second-order valence-corrected chi connectivity index (χ2v) is 6.62. The van der Waals surface area contributed by atoms with Gasteiger partial charge < -0.3 is 0 Å². The van der Waals surface area contributed by atoms with Gasteiger partial charge in [0, 0.05) is 27.8 Å². The topological polar surface area (TPSA) is 84.6 Å². The number of hydrogen-bond donors (Lipinski definition) is 1. The summed E-state index contributed by atoms with van der Waals surface area (Å²) >= 11 is 7.55. The molecule has 0 aliphatic carbocycles. The fraction of sp³-hybridized carbons (Fsp3) is 0.0588. The van der Waals surface area contributed by atoms with Crippen LogP contribution in [0, 0.1) is 10.1 Å². The first-order chi connectivity index (χ1) is 12.0. The molecule has 1 heterocycles. The molecule has 3 aromatic rings. The van der Waals surface area contributed by atoms with Gasteiger partial charge in [0.25, 0.3) is 11.6 Å². The van der Waals surface area contributed by atoms with Gasteiger partial charge in [0.15, 0.2) is 0 Å². The van der Waals surface area contributed by atoms with Crippen LogP contribution in [0.2, 0.25) is 5.02 Å². The average Bonchev–Trinajstić information content (AvgIpc) is 2.96. The van der Waals surface area contributed by atoms with Crippen molar-refractivity contribution in [2.24, 2.45) is 5.10 Å². The predicted octanol–water partition coefficient (Wildman–Crippen LogP) is 4.62. The number of rotatable bonds is 4. The van der Waals surface area contributed by atoms with E-state index in [4.69, 9.17) is 11.6 Å². The second-order valence-electron chi connectivity index (χ2n) is 5.19. The summed E-state index contributed by atoms with van der Waals surface area (Å²) < 4.78 is 0.914. The molecule has 6 nitrogen and oxygen atoms in total. The van der Waals surface area contributed by atoms with Gasteiger partial charge in [-0.05, 0) is 13.0 Å². The standard InChI is InChI=1S/C17H12ClN3O3S/c1-10(11-5-4-6-12(9-11)21(23)24)19-20-17(22)16-15(18)13-7-2-3-8-14(13)25-16/h2-9H,1H3,(H,20,22)/b19-10+. The number of nitrogens with zero attached hydrogens (tertiary/aromatic N) is 2. The molecule has 0 unspecified atom stereocenters. The quantitative estimate of drug-likeness (QED) is 0.411. The highest BCUT2D eigenvalue weighted by Crippen LogP contribution is 2.34. The fourth-order valence-corrected chi connectivity index (χ4v) is 3.66. The Labute approximate surface area is 151 Å². The van der Waals surface area contributed by atoms with Gasteiger partial charge in [-0.15, -0.1) is 11.3 Å². The van der Waals surface area contributed by atoms with Gasteiger partial charge in [-0.25, -0.2) is 5.43 Å². The number of nitro benzene ring substituents is 1. The van der Waals surface area contributed by atoms with Gasteiger partial charge in [0.2, 0.25) is 0 Å². The lowest BCUT2D eigenvalue weighted by molar-refractivity contribution is -0.384. The zero-order valence-electron chi connectivity index (χ0n) is 13.0. The Balaban J connectivity index is 1.82. The third-order valence-electron chi connectivity index (χ3n) is 3.54. The largest absolute Gasteiger partial charge is 0.283 e. The number of carbonyl (C=O) groups excluding carboxylic acids is 1. The van der Waals surface area contributed by atoms with Crippen molar-refractivity contribution in [2.75, 3.05) is 0 Å². The molecule has 2 aromatic carbocycles. The van der Waals surface area contributed by atoms with Crippen molar-refractivity contribution in [3.8, 4) is 0 Å². The minimum atomic E-state index is -0.480. The van der Waals surface area contributed by atoms with Crippen LogP contribution in [0.15, 0.2) is 53.6 Å². The van der Waals surface area contributed by atoms with E-state index in [0.717, 1.165) is 10.1 Å². The average molecular weight is 374 g/mol. The van der Waals surface area contributed by atoms with Crippen molar-refractivity contribution >= 4 is 50.3 Å². The van der Waals surface area contributed by atoms with E-state index >= 15 is 0 Å². The van der Waals surface area contributed by atoms with E-state index in [-0.39, 0.29) is 5.69 Å². The smallest absolute Gasteiger partial charge is 0.266 e. The highest BCUT2D eigenvalue weighted by atomic mass is 35.5. The molecule has 25 heavy (non-hydrogen) atoms. The summed E-state index contributed by atoms with van der Waals surface area (Å²) in [5.41, 5.74) is 3.42. The third kappa shape index (κ3) is 3.52. The number of benzene rings is 2. The van der Waals surface area contributed by atoms with E-state index < -0.39 is 10.8 Å². The van der Waals surface area contributed by atoms with Crippen LogP contribution >= 0.6 is 22.9 Å². The Kier molecular flexibility index (Phi) is 4.78. The second kappa shape index (κ2) is 7.00. The van der Waals surface area contributed by atoms with Crippen LogP contribution < -0.4 is 5.43 Å². The van der Waals surface area contributed by atoms with Crippen molar-refractivity contribution in [3.63, 3.8) is 0 Å². The molecule has 8 heteroatoms. The maximum Gasteiger partial charge on any atom is 0.283 e. The summed E-state index contributed by atoms with van der Waals surface area (Å²) in [6, 6.07) is 13.5. The molecule has 0 atom stereocenters. The van der Waals surface area contributed by atoms with Crippen LogP contribution in [0.25, 0.3) is 10.1 Å². The predicted molar refractivity (Wildman–Crippen MR) is 99.6 cm³/mol. The number of nitro groups is 1. The first-order valence-electron chi connectivity index (χ1n) is 7.24. The molecule has 0 radical (unpaired) electrons. The van der Waals surface area contributed by atoms with Crippen molar-refractivity contribution in [1.82, 2.24) is 5.43 Å². The molecule has 0 spiro atoms. The summed E-state index contributed by atoms with van der Waals surface area (Å²) in [4.78, 5) is 23.1. The maximum absolute atomic E-state index is 12.3. The van der Waals surface area contributed by atoms with Crippen LogP contribution in [-0.2, 0) is 0 Å². The van der Waals surface area contributed by atoms with E-state index in [1.807, 2.05) is 24.3 Å². The molecule has 1 aromatic heterocycles. The number of halogens is 1. The molecule has 1 N–H and O–H groups in total. The van der Waals surface area contributed by atoms with E-state index in [1.54, 1.807) is 19.1 Å². The molecule has 1 amide bonds. The van der Waals surface area contributed by atoms with Gasteiger partial charge in [-0.1, -0.05) is 41.9 Å². The monoisotopic (exact) mass is 373 g/mol. The molecule has 0 fully saturated rings. The first kappa shape index (κ1) is 17.1. The van der Waals surface area contributed by atoms with Crippen LogP contribution in [0.5, 0.6) is 0 Å². The highest BCUT2D eigenvalue weighted by Gasteiger charge is 2.16. The van der Waals surface area contributed by atoms with E-state index in [1.165, 1.54) is 23.5 Å². The minimum Gasteiger partial charge on any atom is -0.266 e. The summed E-state index contributed by atoms with van der Waals surface area (Å²) in [7, 11) is 0. The van der Waals surface area contributed by atoms with E-state index in [0.29, 0.717) is 21.2 Å². The van der Waals surface area contributed by atoms with Gasteiger partial charge in [-0.3, -0.25) is 14.9 Å². The zero-order chi connectivity index (χ0) is 18.0. The molecular formula is C17H12ClN3O3S. The third-order valence-corrected chi connectivity index (χ3v) is 5.22. The molecule has 0 saturated heterocycles. The summed E-state index contributed by atoms with van der Waals surface area (Å²) in [5, 5.41) is 16.1. The summed E-state index contributed by atoms with van der Waals surface area (Å²) in [6.07, 6.45) is 0. The minimum absolute atomic E-state index is 0.0362. The Morgan fingerprint density at radius 1 is 1.24 bits per heavy atom. The molecule has 0 bridgehead atoms. The number of fused-ring (bicyclic) bond motifs is 1.